The highest BCUT2D eigenvalue weighted by Gasteiger charge is 2.13. The standard InChI is InChI=1S/C21H26N2O3/c1-23(13-15-7-10-19(25-2)20(11-15)26-3)14-21(24)22-18-9-8-16-5-4-6-17(16)12-18/h7-12H,4-6,13-14H2,1-3H3,(H,22,24). The lowest BCUT2D eigenvalue weighted by Gasteiger charge is -2.17. The number of methoxy groups -OCH3 is 2. The molecule has 0 aromatic heterocycles. The number of fused-ring (bicyclic) bond motifs is 1. The van der Waals surface area contributed by atoms with E-state index in [1.165, 1.54) is 17.5 Å². The van der Waals surface area contributed by atoms with Crippen LogP contribution in [0.15, 0.2) is 36.4 Å². The van der Waals surface area contributed by atoms with Gasteiger partial charge in [0.2, 0.25) is 5.91 Å². The minimum Gasteiger partial charge on any atom is -0.493 e. The van der Waals surface area contributed by atoms with Crippen LogP contribution in [0.2, 0.25) is 0 Å². The van der Waals surface area contributed by atoms with E-state index in [1.807, 2.05) is 36.2 Å². The van der Waals surface area contributed by atoms with Crippen LogP contribution in [0.25, 0.3) is 0 Å². The van der Waals surface area contributed by atoms with Crippen molar-refractivity contribution in [2.45, 2.75) is 25.8 Å². The fourth-order valence-electron chi connectivity index (χ4n) is 3.44. The molecule has 0 unspecified atom stereocenters. The lowest BCUT2D eigenvalue weighted by Crippen LogP contribution is -2.29. The maximum atomic E-state index is 12.3. The molecule has 26 heavy (non-hydrogen) atoms. The number of amides is 1. The van der Waals surface area contributed by atoms with Gasteiger partial charge in [0.1, 0.15) is 0 Å². The number of rotatable bonds is 7. The zero-order chi connectivity index (χ0) is 18.5. The second-order valence-electron chi connectivity index (χ2n) is 6.75. The minimum atomic E-state index is -0.00840. The quantitative estimate of drug-likeness (QED) is 0.829. The fourth-order valence-corrected chi connectivity index (χ4v) is 3.44. The van der Waals surface area contributed by atoms with Gasteiger partial charge in [-0.05, 0) is 67.3 Å². The van der Waals surface area contributed by atoms with Crippen LogP contribution in [-0.2, 0) is 24.2 Å². The van der Waals surface area contributed by atoms with E-state index in [2.05, 4.69) is 17.4 Å². The molecule has 1 amide bonds. The second-order valence-corrected chi connectivity index (χ2v) is 6.75. The van der Waals surface area contributed by atoms with E-state index in [-0.39, 0.29) is 5.91 Å². The maximum absolute atomic E-state index is 12.3. The number of carbonyl (C=O) groups is 1. The highest BCUT2D eigenvalue weighted by Crippen LogP contribution is 2.28. The van der Waals surface area contributed by atoms with E-state index in [1.54, 1.807) is 14.2 Å². The van der Waals surface area contributed by atoms with Crippen molar-refractivity contribution in [1.82, 2.24) is 4.90 Å². The molecule has 3 rings (SSSR count). The molecule has 138 valence electrons. The van der Waals surface area contributed by atoms with Gasteiger partial charge in [-0.15, -0.1) is 0 Å². The minimum absolute atomic E-state index is 0.00840. The summed E-state index contributed by atoms with van der Waals surface area (Å²) in [5.41, 5.74) is 4.72. The van der Waals surface area contributed by atoms with E-state index in [0.717, 1.165) is 24.1 Å². The van der Waals surface area contributed by atoms with E-state index < -0.39 is 0 Å². The van der Waals surface area contributed by atoms with Crippen LogP contribution in [0.3, 0.4) is 0 Å². The van der Waals surface area contributed by atoms with Gasteiger partial charge >= 0.3 is 0 Å². The third-order valence-electron chi connectivity index (χ3n) is 4.70. The van der Waals surface area contributed by atoms with E-state index in [9.17, 15) is 4.79 Å². The molecule has 0 fully saturated rings. The van der Waals surface area contributed by atoms with Crippen LogP contribution in [-0.4, -0.2) is 38.6 Å². The van der Waals surface area contributed by atoms with Crippen LogP contribution in [0.4, 0.5) is 5.69 Å². The Bertz CT molecular complexity index is 789. The smallest absolute Gasteiger partial charge is 0.238 e. The van der Waals surface area contributed by atoms with Crippen LogP contribution < -0.4 is 14.8 Å². The van der Waals surface area contributed by atoms with Gasteiger partial charge in [0.25, 0.3) is 0 Å². The summed E-state index contributed by atoms with van der Waals surface area (Å²) in [5.74, 6) is 1.39. The molecule has 0 bridgehead atoms. The number of likely N-dealkylation sites (N-methyl/N-ethyl adjacent to an activating group) is 1. The Morgan fingerprint density at radius 1 is 1.04 bits per heavy atom. The van der Waals surface area contributed by atoms with Crippen LogP contribution >= 0.6 is 0 Å². The van der Waals surface area contributed by atoms with E-state index in [4.69, 9.17) is 9.47 Å². The third kappa shape index (κ3) is 4.35. The highest BCUT2D eigenvalue weighted by atomic mass is 16.5. The summed E-state index contributed by atoms with van der Waals surface area (Å²) in [7, 11) is 5.17. The molecule has 2 aromatic rings. The third-order valence-corrected chi connectivity index (χ3v) is 4.70. The molecule has 1 N–H and O–H groups in total. The highest BCUT2D eigenvalue weighted by molar-refractivity contribution is 5.92. The van der Waals surface area contributed by atoms with Gasteiger partial charge in [0.05, 0.1) is 20.8 Å². The first-order valence-corrected chi connectivity index (χ1v) is 8.90. The first kappa shape index (κ1) is 18.3. The number of nitrogens with zero attached hydrogens (tertiary/aromatic N) is 1. The average molecular weight is 354 g/mol. The SMILES string of the molecule is COc1ccc(CN(C)CC(=O)Nc2ccc3c(c2)CCC3)cc1OC. The topological polar surface area (TPSA) is 50.8 Å². The van der Waals surface area contributed by atoms with Gasteiger partial charge in [-0.25, -0.2) is 0 Å². The summed E-state index contributed by atoms with van der Waals surface area (Å²) in [6.45, 7) is 0.976. The molecule has 0 saturated heterocycles. The zero-order valence-electron chi connectivity index (χ0n) is 15.7. The van der Waals surface area contributed by atoms with Crippen LogP contribution in [0.5, 0.6) is 11.5 Å². The molecule has 0 spiro atoms. The first-order valence-electron chi connectivity index (χ1n) is 8.90. The number of benzene rings is 2. The summed E-state index contributed by atoms with van der Waals surface area (Å²) in [4.78, 5) is 14.3. The Morgan fingerprint density at radius 3 is 2.58 bits per heavy atom. The predicted octanol–water partition coefficient (Wildman–Crippen LogP) is 3.26. The number of ether oxygens (including phenoxy) is 2. The molecule has 0 saturated carbocycles. The molecule has 0 heterocycles. The molecule has 2 aromatic carbocycles. The van der Waals surface area contributed by atoms with E-state index >= 15 is 0 Å². The molecule has 0 aliphatic heterocycles. The predicted molar refractivity (Wildman–Crippen MR) is 103 cm³/mol. The molecular formula is C21H26N2O3. The number of aryl methyl sites for hydroxylation is 2. The molecule has 1 aliphatic carbocycles. The summed E-state index contributed by atoms with van der Waals surface area (Å²) in [6, 6.07) is 12.0. The zero-order valence-corrected chi connectivity index (χ0v) is 15.7. The van der Waals surface area contributed by atoms with Gasteiger partial charge in [-0.2, -0.15) is 0 Å². The Kier molecular flexibility index (Phi) is 5.78. The van der Waals surface area contributed by atoms with Gasteiger partial charge < -0.3 is 14.8 Å². The maximum Gasteiger partial charge on any atom is 0.238 e. The second kappa shape index (κ2) is 8.23. The lowest BCUT2D eigenvalue weighted by molar-refractivity contribution is -0.117. The van der Waals surface area contributed by atoms with Gasteiger partial charge in [-0.1, -0.05) is 12.1 Å². The Morgan fingerprint density at radius 2 is 1.81 bits per heavy atom. The Hall–Kier alpha value is -2.53. The van der Waals surface area contributed by atoms with Crippen molar-refractivity contribution in [3.05, 3.63) is 53.1 Å². The Labute approximate surface area is 154 Å². The number of hydrogen-bond donors (Lipinski definition) is 1. The van der Waals surface area contributed by atoms with Crippen molar-refractivity contribution >= 4 is 11.6 Å². The average Bonchev–Trinajstić information content (AvgIpc) is 3.09. The van der Waals surface area contributed by atoms with Crippen molar-refractivity contribution < 1.29 is 14.3 Å². The van der Waals surface area contributed by atoms with Gasteiger partial charge in [0, 0.05) is 12.2 Å². The normalized spacial score (nSPS) is 12.8. The van der Waals surface area contributed by atoms with Crippen molar-refractivity contribution in [3.8, 4) is 11.5 Å². The number of anilines is 1. The molecule has 0 radical (unpaired) electrons. The molecule has 5 heteroatoms. The summed E-state index contributed by atoms with van der Waals surface area (Å²) in [6.07, 6.45) is 3.47. The summed E-state index contributed by atoms with van der Waals surface area (Å²) < 4.78 is 10.6. The molecule has 1 aliphatic rings. The van der Waals surface area contributed by atoms with Gasteiger partial charge in [-0.3, -0.25) is 9.69 Å². The fraction of sp³-hybridized carbons (Fsp3) is 0.381. The molecule has 0 atom stereocenters. The molecule has 5 nitrogen and oxygen atoms in total. The first-order chi connectivity index (χ1) is 12.6. The van der Waals surface area contributed by atoms with Crippen molar-refractivity contribution in [1.29, 1.82) is 0 Å². The Balaban J connectivity index is 1.56. The number of nitrogens with one attached hydrogen (secondary N) is 1. The lowest BCUT2D eigenvalue weighted by atomic mass is 10.1. The van der Waals surface area contributed by atoms with Crippen LogP contribution in [0, 0.1) is 0 Å². The van der Waals surface area contributed by atoms with Gasteiger partial charge in [0.15, 0.2) is 11.5 Å². The van der Waals surface area contributed by atoms with E-state index in [0.29, 0.717) is 24.6 Å². The summed E-state index contributed by atoms with van der Waals surface area (Å²) in [5, 5.41) is 3.00. The van der Waals surface area contributed by atoms with Crippen molar-refractivity contribution in [2.75, 3.05) is 33.1 Å². The van der Waals surface area contributed by atoms with Crippen molar-refractivity contribution in [2.24, 2.45) is 0 Å². The monoisotopic (exact) mass is 354 g/mol. The van der Waals surface area contributed by atoms with Crippen molar-refractivity contribution in [3.63, 3.8) is 0 Å². The van der Waals surface area contributed by atoms with Crippen LogP contribution in [0.1, 0.15) is 23.1 Å². The summed E-state index contributed by atoms with van der Waals surface area (Å²) >= 11 is 0. The largest absolute Gasteiger partial charge is 0.493 e. The number of hydrogen-bond acceptors (Lipinski definition) is 4. The number of carbonyl (C=O) groups excluding carboxylic acids is 1. The molecular weight excluding hydrogens is 328 g/mol.